The average Bonchev–Trinajstić information content (AvgIpc) is 3.43. The third kappa shape index (κ3) is 3.37. The maximum atomic E-state index is 13.1. The van der Waals surface area contributed by atoms with Crippen LogP contribution in [0.25, 0.3) is 22.4 Å². The Morgan fingerprint density at radius 1 is 1.21 bits per heavy atom. The fraction of sp³-hybridized carbons (Fsp3) is 0.238. The van der Waals surface area contributed by atoms with Gasteiger partial charge in [0.25, 0.3) is 5.91 Å². The van der Waals surface area contributed by atoms with E-state index in [0.29, 0.717) is 35.9 Å². The zero-order chi connectivity index (χ0) is 19.8. The molecule has 146 valence electrons. The average molecular weight is 391 g/mol. The number of rotatable bonds is 3. The Hall–Kier alpha value is -3.55. The van der Waals surface area contributed by atoms with Gasteiger partial charge >= 0.3 is 0 Å². The summed E-state index contributed by atoms with van der Waals surface area (Å²) in [6.07, 6.45) is 3.34. The van der Waals surface area contributed by atoms with Gasteiger partial charge in [0, 0.05) is 24.2 Å². The topological polar surface area (TPSA) is 87.9 Å². The van der Waals surface area contributed by atoms with Crippen LogP contribution >= 0.6 is 0 Å². The van der Waals surface area contributed by atoms with Crippen LogP contribution in [-0.4, -0.2) is 44.0 Å². The summed E-state index contributed by atoms with van der Waals surface area (Å²) in [5, 5.41) is 4.02. The summed E-state index contributed by atoms with van der Waals surface area (Å²) in [6.45, 7) is 1.21. The molecule has 29 heavy (non-hydrogen) atoms. The highest BCUT2D eigenvalue weighted by Gasteiger charge is 2.29. The van der Waals surface area contributed by atoms with Crippen molar-refractivity contribution in [2.45, 2.75) is 18.8 Å². The number of carbonyl (C=O) groups is 1. The number of H-pyrrole nitrogens is 1. The van der Waals surface area contributed by atoms with E-state index in [4.69, 9.17) is 4.52 Å². The molecule has 1 unspecified atom stereocenters. The second kappa shape index (κ2) is 7.12. The second-order valence-electron chi connectivity index (χ2n) is 7.19. The molecule has 0 saturated carbocycles. The van der Waals surface area contributed by atoms with Crippen molar-refractivity contribution in [3.63, 3.8) is 0 Å². The number of imidazole rings is 1. The van der Waals surface area contributed by atoms with Crippen LogP contribution in [0.4, 0.5) is 4.39 Å². The van der Waals surface area contributed by atoms with Crippen LogP contribution in [0.5, 0.6) is 0 Å². The maximum Gasteiger partial charge on any atom is 0.253 e. The number of fused-ring (bicyclic) bond motifs is 1. The summed E-state index contributed by atoms with van der Waals surface area (Å²) in [6, 6.07) is 11.4. The maximum absolute atomic E-state index is 13.1. The van der Waals surface area contributed by atoms with E-state index < -0.39 is 0 Å². The van der Waals surface area contributed by atoms with E-state index in [9.17, 15) is 9.18 Å². The summed E-state index contributed by atoms with van der Waals surface area (Å²) in [5.41, 5.74) is 2.99. The van der Waals surface area contributed by atoms with Gasteiger partial charge in [-0.2, -0.15) is 4.98 Å². The van der Waals surface area contributed by atoms with Gasteiger partial charge in [-0.3, -0.25) is 4.79 Å². The lowest BCUT2D eigenvalue weighted by molar-refractivity contribution is 0.0696. The molecule has 1 saturated heterocycles. The first kappa shape index (κ1) is 17.5. The molecule has 1 atom stereocenters. The van der Waals surface area contributed by atoms with Gasteiger partial charge in [-0.1, -0.05) is 5.16 Å². The molecular formula is C21H18FN5O2. The van der Waals surface area contributed by atoms with E-state index in [-0.39, 0.29) is 17.6 Å². The van der Waals surface area contributed by atoms with Crippen LogP contribution < -0.4 is 0 Å². The minimum Gasteiger partial charge on any atom is -0.345 e. The summed E-state index contributed by atoms with van der Waals surface area (Å²) in [5.74, 6) is 0.570. The lowest BCUT2D eigenvalue weighted by Crippen LogP contribution is -2.39. The van der Waals surface area contributed by atoms with Gasteiger partial charge in [0.15, 0.2) is 0 Å². The van der Waals surface area contributed by atoms with Crippen LogP contribution in [-0.2, 0) is 0 Å². The molecule has 0 aliphatic carbocycles. The Morgan fingerprint density at radius 2 is 2.07 bits per heavy atom. The first-order valence-corrected chi connectivity index (χ1v) is 9.49. The molecule has 1 aliphatic heterocycles. The number of benzene rings is 2. The van der Waals surface area contributed by atoms with Crippen LogP contribution in [0.1, 0.15) is 35.0 Å². The number of amides is 1. The molecule has 1 N–H and O–H groups in total. The molecule has 1 amide bonds. The predicted octanol–water partition coefficient (Wildman–Crippen LogP) is 3.77. The molecule has 0 bridgehead atoms. The number of nitrogens with one attached hydrogen (secondary N) is 1. The van der Waals surface area contributed by atoms with Gasteiger partial charge < -0.3 is 14.4 Å². The number of aromatic amines is 1. The molecule has 0 radical (unpaired) electrons. The third-order valence-electron chi connectivity index (χ3n) is 5.27. The number of hydrogen-bond acceptors (Lipinski definition) is 5. The summed E-state index contributed by atoms with van der Waals surface area (Å²) >= 11 is 0. The van der Waals surface area contributed by atoms with E-state index in [1.807, 2.05) is 17.0 Å². The van der Waals surface area contributed by atoms with Gasteiger partial charge in [-0.25, -0.2) is 9.37 Å². The number of nitrogens with zero attached hydrogens (tertiary/aromatic N) is 4. The van der Waals surface area contributed by atoms with Crippen molar-refractivity contribution in [1.29, 1.82) is 0 Å². The second-order valence-corrected chi connectivity index (χ2v) is 7.19. The Balaban J connectivity index is 1.34. The molecule has 3 heterocycles. The van der Waals surface area contributed by atoms with E-state index in [1.54, 1.807) is 24.5 Å². The van der Waals surface area contributed by atoms with Crippen molar-refractivity contribution in [2.75, 3.05) is 13.1 Å². The van der Waals surface area contributed by atoms with Crippen LogP contribution in [0.15, 0.2) is 53.3 Å². The lowest BCUT2D eigenvalue weighted by atomic mass is 9.97. The largest absolute Gasteiger partial charge is 0.345 e. The molecule has 2 aromatic carbocycles. The Bertz CT molecular complexity index is 1170. The van der Waals surface area contributed by atoms with Crippen molar-refractivity contribution in [2.24, 2.45) is 0 Å². The van der Waals surface area contributed by atoms with E-state index >= 15 is 0 Å². The van der Waals surface area contributed by atoms with Crippen molar-refractivity contribution >= 4 is 16.9 Å². The molecule has 7 nitrogen and oxygen atoms in total. The highest BCUT2D eigenvalue weighted by Crippen LogP contribution is 2.28. The first-order valence-electron chi connectivity index (χ1n) is 9.49. The van der Waals surface area contributed by atoms with Gasteiger partial charge in [-0.05, 0) is 55.3 Å². The van der Waals surface area contributed by atoms with Crippen molar-refractivity contribution in [1.82, 2.24) is 25.0 Å². The van der Waals surface area contributed by atoms with Gasteiger partial charge in [-0.15, -0.1) is 0 Å². The molecule has 1 fully saturated rings. The Labute approximate surface area is 165 Å². The molecule has 2 aromatic heterocycles. The van der Waals surface area contributed by atoms with Gasteiger partial charge in [0.05, 0.1) is 23.3 Å². The van der Waals surface area contributed by atoms with Crippen LogP contribution in [0.3, 0.4) is 0 Å². The standard InChI is InChI=1S/C21H18FN5O2/c22-16-6-3-13(4-7-16)19-25-20(29-26-19)15-2-1-9-27(11-15)21(28)14-5-8-17-18(10-14)24-12-23-17/h3-8,10,12,15H,1-2,9,11H2,(H,23,24). The molecule has 4 aromatic rings. The smallest absolute Gasteiger partial charge is 0.253 e. The first-order chi connectivity index (χ1) is 14.2. The van der Waals surface area contributed by atoms with Gasteiger partial charge in [0.2, 0.25) is 11.7 Å². The summed E-state index contributed by atoms with van der Waals surface area (Å²) in [7, 11) is 0. The SMILES string of the molecule is O=C(c1ccc2nc[nH]c2c1)N1CCCC(c2nc(-c3ccc(F)cc3)no2)C1. The lowest BCUT2D eigenvalue weighted by Gasteiger charge is -2.31. The molecule has 0 spiro atoms. The number of aromatic nitrogens is 4. The zero-order valence-corrected chi connectivity index (χ0v) is 15.5. The minimum atomic E-state index is -0.313. The predicted molar refractivity (Wildman–Crippen MR) is 104 cm³/mol. The van der Waals surface area contributed by atoms with Gasteiger partial charge in [0.1, 0.15) is 5.82 Å². The number of hydrogen-bond donors (Lipinski definition) is 1. The molecule has 5 rings (SSSR count). The third-order valence-corrected chi connectivity index (χ3v) is 5.27. The quantitative estimate of drug-likeness (QED) is 0.574. The summed E-state index contributed by atoms with van der Waals surface area (Å²) in [4.78, 5) is 26.5. The number of piperidine rings is 1. The highest BCUT2D eigenvalue weighted by molar-refractivity contribution is 5.97. The van der Waals surface area contributed by atoms with E-state index in [0.717, 1.165) is 23.9 Å². The van der Waals surface area contributed by atoms with Crippen molar-refractivity contribution < 1.29 is 13.7 Å². The van der Waals surface area contributed by atoms with Crippen LogP contribution in [0, 0.1) is 5.82 Å². The van der Waals surface area contributed by atoms with E-state index in [2.05, 4.69) is 20.1 Å². The number of carbonyl (C=O) groups excluding carboxylic acids is 1. The molecule has 8 heteroatoms. The van der Waals surface area contributed by atoms with Crippen LogP contribution in [0.2, 0.25) is 0 Å². The number of halogens is 1. The summed E-state index contributed by atoms with van der Waals surface area (Å²) < 4.78 is 18.6. The monoisotopic (exact) mass is 391 g/mol. The minimum absolute atomic E-state index is 0.0229. The molecular weight excluding hydrogens is 373 g/mol. The van der Waals surface area contributed by atoms with Crippen molar-refractivity contribution in [3.05, 3.63) is 66.1 Å². The molecule has 1 aliphatic rings. The fourth-order valence-electron chi connectivity index (χ4n) is 3.73. The Kier molecular flexibility index (Phi) is 4.31. The highest BCUT2D eigenvalue weighted by atomic mass is 19.1. The Morgan fingerprint density at radius 3 is 2.93 bits per heavy atom. The van der Waals surface area contributed by atoms with Crippen molar-refractivity contribution in [3.8, 4) is 11.4 Å². The zero-order valence-electron chi connectivity index (χ0n) is 15.5. The van der Waals surface area contributed by atoms with E-state index in [1.165, 1.54) is 12.1 Å². The fourth-order valence-corrected chi connectivity index (χ4v) is 3.73. The number of likely N-dealkylation sites (tertiary alicyclic amines) is 1. The normalized spacial score (nSPS) is 17.0.